The first-order valence-corrected chi connectivity index (χ1v) is 12.5. The number of aromatic nitrogens is 2. The number of imidazole rings is 1. The van der Waals surface area contributed by atoms with Gasteiger partial charge in [-0.3, -0.25) is 14.3 Å². The van der Waals surface area contributed by atoms with Crippen molar-refractivity contribution in [2.75, 3.05) is 18.4 Å². The number of piperidine rings is 1. The predicted octanol–water partition coefficient (Wildman–Crippen LogP) is 6.66. The second-order valence-electron chi connectivity index (χ2n) is 8.97. The van der Waals surface area contributed by atoms with Crippen molar-refractivity contribution in [3.05, 3.63) is 88.7 Å². The Morgan fingerprint density at radius 2 is 1.83 bits per heavy atom. The number of hydrogen-bond acceptors (Lipinski definition) is 3. The highest BCUT2D eigenvalue weighted by Gasteiger charge is 2.31. The normalized spacial score (nSPS) is 16.8. The SMILES string of the molecule is O=C(Nc1cccc(C(F)(F)F)c1)[C@@H]1CCCN(Cc2nc3ccccc3n2-c2ccc(Br)cc2)C1. The first-order valence-electron chi connectivity index (χ1n) is 11.7. The Morgan fingerprint density at radius 3 is 2.61 bits per heavy atom. The lowest BCUT2D eigenvalue weighted by molar-refractivity contribution is -0.137. The summed E-state index contributed by atoms with van der Waals surface area (Å²) < 4.78 is 42.2. The average Bonchev–Trinajstić information content (AvgIpc) is 3.22. The Balaban J connectivity index is 1.34. The summed E-state index contributed by atoms with van der Waals surface area (Å²) in [5.74, 6) is 0.289. The fourth-order valence-electron chi connectivity index (χ4n) is 4.69. The van der Waals surface area contributed by atoms with Crippen LogP contribution >= 0.6 is 15.9 Å². The van der Waals surface area contributed by atoms with E-state index in [1.54, 1.807) is 0 Å². The highest BCUT2D eigenvalue weighted by molar-refractivity contribution is 9.10. The van der Waals surface area contributed by atoms with Crippen LogP contribution in [0.2, 0.25) is 0 Å². The van der Waals surface area contributed by atoms with Crippen molar-refractivity contribution in [1.29, 1.82) is 0 Å². The lowest BCUT2D eigenvalue weighted by Gasteiger charge is -2.31. The van der Waals surface area contributed by atoms with Gasteiger partial charge in [-0.25, -0.2) is 4.98 Å². The molecule has 1 fully saturated rings. The summed E-state index contributed by atoms with van der Waals surface area (Å²) in [5.41, 5.74) is 2.27. The number of halogens is 4. The lowest BCUT2D eigenvalue weighted by atomic mass is 9.97. The van der Waals surface area contributed by atoms with Crippen LogP contribution in [0.4, 0.5) is 18.9 Å². The Bertz CT molecular complexity index is 1380. The molecule has 1 aliphatic heterocycles. The number of amides is 1. The fraction of sp³-hybridized carbons (Fsp3) is 0.259. The van der Waals surface area contributed by atoms with Crippen LogP contribution in [0.1, 0.15) is 24.2 Å². The molecule has 186 valence electrons. The van der Waals surface area contributed by atoms with Gasteiger partial charge in [0.25, 0.3) is 0 Å². The maximum atomic E-state index is 13.0. The third kappa shape index (κ3) is 5.32. The number of benzene rings is 3. The van der Waals surface area contributed by atoms with Crippen LogP contribution in [0, 0.1) is 5.92 Å². The molecule has 0 bridgehead atoms. The van der Waals surface area contributed by atoms with Crippen LogP contribution in [0.3, 0.4) is 0 Å². The third-order valence-electron chi connectivity index (χ3n) is 6.41. The van der Waals surface area contributed by atoms with Crippen molar-refractivity contribution in [1.82, 2.24) is 14.5 Å². The number of nitrogens with zero attached hydrogens (tertiary/aromatic N) is 3. The van der Waals surface area contributed by atoms with Crippen LogP contribution in [-0.4, -0.2) is 33.4 Å². The van der Waals surface area contributed by atoms with Gasteiger partial charge in [-0.1, -0.05) is 34.1 Å². The van der Waals surface area contributed by atoms with Gasteiger partial charge in [-0.05, 0) is 74.0 Å². The molecule has 4 aromatic rings. The van der Waals surface area contributed by atoms with Crippen molar-refractivity contribution in [2.24, 2.45) is 5.92 Å². The Hall–Kier alpha value is -3.17. The standard InChI is InChI=1S/C27H24BrF3N4O/c28-20-10-12-22(13-11-20)35-24-9-2-1-8-23(24)33-25(35)17-34-14-4-5-18(16-34)26(36)32-21-7-3-6-19(15-21)27(29,30)31/h1-3,6-13,15,18H,4-5,14,16-17H2,(H,32,36)/t18-/m1/s1. The van der Waals surface area contributed by atoms with E-state index in [-0.39, 0.29) is 17.5 Å². The first kappa shape index (κ1) is 24.5. The zero-order valence-corrected chi connectivity index (χ0v) is 20.9. The molecular formula is C27H24BrF3N4O. The largest absolute Gasteiger partial charge is 0.416 e. The second kappa shape index (κ2) is 10.1. The van der Waals surface area contributed by atoms with Crippen molar-refractivity contribution in [3.63, 3.8) is 0 Å². The highest BCUT2D eigenvalue weighted by Crippen LogP contribution is 2.31. The van der Waals surface area contributed by atoms with E-state index in [2.05, 4.69) is 30.7 Å². The van der Waals surface area contributed by atoms with Gasteiger partial charge in [0, 0.05) is 22.4 Å². The maximum Gasteiger partial charge on any atom is 0.416 e. The molecule has 1 saturated heterocycles. The zero-order chi connectivity index (χ0) is 25.3. The number of nitrogens with one attached hydrogen (secondary N) is 1. The maximum absolute atomic E-state index is 13.0. The van der Waals surface area contributed by atoms with Gasteiger partial charge in [0.2, 0.25) is 5.91 Å². The van der Waals surface area contributed by atoms with Crippen LogP contribution in [0.25, 0.3) is 16.7 Å². The van der Waals surface area contributed by atoms with Crippen molar-refractivity contribution in [3.8, 4) is 5.69 Å². The van der Waals surface area contributed by atoms with Gasteiger partial charge in [-0.2, -0.15) is 13.2 Å². The molecule has 9 heteroatoms. The molecule has 0 radical (unpaired) electrons. The topological polar surface area (TPSA) is 50.2 Å². The van der Waals surface area contributed by atoms with Crippen LogP contribution in [-0.2, 0) is 17.5 Å². The molecule has 1 aromatic heterocycles. The molecule has 2 heterocycles. The summed E-state index contributed by atoms with van der Waals surface area (Å²) in [5, 5.41) is 2.68. The summed E-state index contributed by atoms with van der Waals surface area (Å²) in [6.07, 6.45) is -2.95. The number of hydrogen-bond donors (Lipinski definition) is 1. The minimum Gasteiger partial charge on any atom is -0.326 e. The van der Waals surface area contributed by atoms with Crippen LogP contribution in [0.15, 0.2) is 77.3 Å². The van der Waals surface area contributed by atoms with E-state index in [9.17, 15) is 18.0 Å². The Labute approximate surface area is 215 Å². The van der Waals surface area contributed by atoms with Gasteiger partial charge >= 0.3 is 6.18 Å². The number of carbonyl (C=O) groups excluding carboxylic acids is 1. The Kier molecular flexibility index (Phi) is 6.85. The number of alkyl halides is 3. The van der Waals surface area contributed by atoms with Crippen LogP contribution < -0.4 is 5.32 Å². The van der Waals surface area contributed by atoms with E-state index in [0.717, 1.165) is 52.1 Å². The monoisotopic (exact) mass is 556 g/mol. The number of fused-ring (bicyclic) bond motifs is 1. The summed E-state index contributed by atoms with van der Waals surface area (Å²) >= 11 is 3.49. The van der Waals surface area contributed by atoms with Crippen molar-refractivity contribution in [2.45, 2.75) is 25.6 Å². The number of rotatable bonds is 5. The van der Waals surface area contributed by atoms with E-state index in [1.807, 2.05) is 48.5 Å². The summed E-state index contributed by atoms with van der Waals surface area (Å²) in [6.45, 7) is 1.88. The van der Waals surface area contributed by atoms with E-state index < -0.39 is 11.7 Å². The molecule has 0 aliphatic carbocycles. The number of carbonyl (C=O) groups is 1. The molecule has 1 N–H and O–H groups in total. The van der Waals surface area contributed by atoms with Gasteiger partial charge in [0.15, 0.2) is 0 Å². The average molecular weight is 557 g/mol. The molecule has 1 amide bonds. The summed E-state index contributed by atoms with van der Waals surface area (Å²) in [6, 6.07) is 20.8. The quantitative estimate of drug-likeness (QED) is 0.299. The summed E-state index contributed by atoms with van der Waals surface area (Å²) in [4.78, 5) is 20.0. The smallest absolute Gasteiger partial charge is 0.326 e. The molecule has 1 atom stereocenters. The van der Waals surface area contributed by atoms with Gasteiger partial charge in [0.1, 0.15) is 5.82 Å². The van der Waals surface area contributed by atoms with E-state index in [1.165, 1.54) is 12.1 Å². The van der Waals surface area contributed by atoms with Gasteiger partial charge < -0.3 is 5.32 Å². The van der Waals surface area contributed by atoms with E-state index >= 15 is 0 Å². The van der Waals surface area contributed by atoms with Crippen LogP contribution in [0.5, 0.6) is 0 Å². The summed E-state index contributed by atoms with van der Waals surface area (Å²) in [7, 11) is 0. The minimum absolute atomic E-state index is 0.156. The van der Waals surface area contributed by atoms with Crippen molar-refractivity contribution < 1.29 is 18.0 Å². The lowest BCUT2D eigenvalue weighted by Crippen LogP contribution is -2.40. The molecule has 3 aromatic carbocycles. The molecule has 5 nitrogen and oxygen atoms in total. The third-order valence-corrected chi connectivity index (χ3v) is 6.94. The highest BCUT2D eigenvalue weighted by atomic mass is 79.9. The van der Waals surface area contributed by atoms with Gasteiger partial charge in [-0.15, -0.1) is 0 Å². The van der Waals surface area contributed by atoms with E-state index in [0.29, 0.717) is 19.5 Å². The second-order valence-corrected chi connectivity index (χ2v) is 9.89. The molecule has 0 saturated carbocycles. The number of anilines is 1. The number of likely N-dealkylation sites (tertiary alicyclic amines) is 1. The molecule has 0 unspecified atom stereocenters. The molecule has 0 spiro atoms. The van der Waals surface area contributed by atoms with E-state index in [4.69, 9.17) is 4.98 Å². The molecule has 36 heavy (non-hydrogen) atoms. The predicted molar refractivity (Wildman–Crippen MR) is 137 cm³/mol. The minimum atomic E-state index is -4.46. The zero-order valence-electron chi connectivity index (χ0n) is 19.3. The Morgan fingerprint density at radius 1 is 1.06 bits per heavy atom. The van der Waals surface area contributed by atoms with Crippen molar-refractivity contribution >= 4 is 38.6 Å². The first-order chi connectivity index (χ1) is 17.3. The number of para-hydroxylation sites is 2. The van der Waals surface area contributed by atoms with Gasteiger partial charge in [0.05, 0.1) is 29.1 Å². The fourth-order valence-corrected chi connectivity index (χ4v) is 4.96. The molecular weight excluding hydrogens is 533 g/mol. The molecule has 5 rings (SSSR count). The molecule has 1 aliphatic rings.